The van der Waals surface area contributed by atoms with E-state index in [4.69, 9.17) is 10.5 Å². The predicted octanol–water partition coefficient (Wildman–Crippen LogP) is 1.54. The van der Waals surface area contributed by atoms with Crippen LogP contribution in [0.25, 0.3) is 0 Å². The van der Waals surface area contributed by atoms with E-state index in [2.05, 4.69) is 0 Å². The van der Waals surface area contributed by atoms with Gasteiger partial charge in [0.05, 0.1) is 0 Å². The zero-order valence-electron chi connectivity index (χ0n) is 7.50. The van der Waals surface area contributed by atoms with Gasteiger partial charge in [0, 0.05) is 0 Å². The van der Waals surface area contributed by atoms with Crippen molar-refractivity contribution >= 4 is 0 Å². The molecular formula is C10H14FNO. The summed E-state index contributed by atoms with van der Waals surface area (Å²) in [5.41, 5.74) is 6.53. The molecule has 3 heteroatoms. The maximum atomic E-state index is 11.8. The molecular weight excluding hydrogens is 169 g/mol. The second kappa shape index (κ2) is 5.54. The van der Waals surface area contributed by atoms with Crippen molar-refractivity contribution in [1.29, 1.82) is 0 Å². The Kier molecular flexibility index (Phi) is 4.26. The van der Waals surface area contributed by atoms with Crippen LogP contribution in [0.3, 0.4) is 0 Å². The summed E-state index contributed by atoms with van der Waals surface area (Å²) in [6.07, 6.45) is 0.826. The molecule has 0 heterocycles. The minimum atomic E-state index is -0.457. The zero-order valence-corrected chi connectivity index (χ0v) is 7.50. The normalized spacial score (nSPS) is 10.0. The predicted molar refractivity (Wildman–Crippen MR) is 50.7 cm³/mol. The molecule has 2 N–H and O–H groups in total. The van der Waals surface area contributed by atoms with Crippen LogP contribution in [0.5, 0.6) is 5.75 Å². The first-order chi connectivity index (χ1) is 6.36. The largest absolute Gasteiger partial charge is 0.491 e. The van der Waals surface area contributed by atoms with E-state index in [0.29, 0.717) is 12.3 Å². The summed E-state index contributed by atoms with van der Waals surface area (Å²) in [5, 5.41) is 0. The number of alkyl halides is 1. The lowest BCUT2D eigenvalue weighted by Gasteiger charge is -2.05. The number of nitrogens with two attached hydrogens (primary N) is 1. The Balaban J connectivity index is 2.56. The van der Waals surface area contributed by atoms with E-state index >= 15 is 0 Å². The summed E-state index contributed by atoms with van der Waals surface area (Å²) in [7, 11) is 0. The van der Waals surface area contributed by atoms with E-state index in [1.54, 1.807) is 0 Å². The molecule has 0 aliphatic rings. The number of halogens is 1. The quantitative estimate of drug-likeness (QED) is 0.751. The lowest BCUT2D eigenvalue weighted by molar-refractivity contribution is 0.273. The Labute approximate surface area is 77.5 Å². The van der Waals surface area contributed by atoms with Gasteiger partial charge >= 0.3 is 0 Å². The molecule has 0 unspecified atom stereocenters. The summed E-state index contributed by atoms with van der Waals surface area (Å²) < 4.78 is 16.9. The molecule has 0 atom stereocenters. The number of ether oxygens (including phenoxy) is 1. The van der Waals surface area contributed by atoms with Crippen molar-refractivity contribution in [2.24, 2.45) is 5.73 Å². The lowest BCUT2D eigenvalue weighted by atomic mass is 10.1. The third-order valence-electron chi connectivity index (χ3n) is 1.68. The highest BCUT2D eigenvalue weighted by molar-refractivity contribution is 5.28. The van der Waals surface area contributed by atoms with Crippen LogP contribution in [-0.2, 0) is 6.42 Å². The van der Waals surface area contributed by atoms with Crippen molar-refractivity contribution in [1.82, 2.24) is 0 Å². The van der Waals surface area contributed by atoms with Crippen LogP contribution in [0.1, 0.15) is 5.56 Å². The van der Waals surface area contributed by atoms with Gasteiger partial charge in [-0.3, -0.25) is 0 Å². The molecule has 0 bridgehead atoms. The average molecular weight is 183 g/mol. The first kappa shape index (κ1) is 9.99. The molecule has 1 aromatic rings. The molecule has 0 saturated carbocycles. The summed E-state index contributed by atoms with van der Waals surface area (Å²) in [6.45, 7) is 0.278. The second-order valence-corrected chi connectivity index (χ2v) is 2.72. The van der Waals surface area contributed by atoms with Crippen LogP contribution in [0.2, 0.25) is 0 Å². The summed E-state index contributed by atoms with van der Waals surface area (Å²) >= 11 is 0. The molecule has 0 spiro atoms. The van der Waals surface area contributed by atoms with Gasteiger partial charge < -0.3 is 10.5 Å². The summed E-state index contributed by atoms with van der Waals surface area (Å²) in [4.78, 5) is 0. The fraction of sp³-hybridized carbons (Fsp3) is 0.400. The Morgan fingerprint density at radius 3 is 2.92 bits per heavy atom. The van der Waals surface area contributed by atoms with Gasteiger partial charge in [-0.1, -0.05) is 12.1 Å². The minimum Gasteiger partial charge on any atom is -0.491 e. The molecule has 1 rings (SSSR count). The van der Waals surface area contributed by atoms with E-state index in [0.717, 1.165) is 12.0 Å². The maximum Gasteiger partial charge on any atom is 0.123 e. The van der Waals surface area contributed by atoms with Crippen molar-refractivity contribution in [3.8, 4) is 5.75 Å². The average Bonchev–Trinajstić information content (AvgIpc) is 2.16. The SMILES string of the molecule is NCCc1cccc(OCCF)c1. The van der Waals surface area contributed by atoms with Crippen LogP contribution >= 0.6 is 0 Å². The van der Waals surface area contributed by atoms with E-state index in [9.17, 15) is 4.39 Å². The van der Waals surface area contributed by atoms with Gasteiger partial charge in [-0.15, -0.1) is 0 Å². The fourth-order valence-electron chi connectivity index (χ4n) is 1.11. The molecule has 0 saturated heterocycles. The van der Waals surface area contributed by atoms with Gasteiger partial charge in [-0.25, -0.2) is 4.39 Å². The van der Waals surface area contributed by atoms with Crippen molar-refractivity contribution in [3.63, 3.8) is 0 Å². The van der Waals surface area contributed by atoms with Gasteiger partial charge in [-0.05, 0) is 30.7 Å². The number of hydrogen-bond acceptors (Lipinski definition) is 2. The van der Waals surface area contributed by atoms with Gasteiger partial charge in [0.15, 0.2) is 0 Å². The molecule has 2 nitrogen and oxygen atoms in total. The third kappa shape index (κ3) is 3.42. The van der Waals surface area contributed by atoms with E-state index < -0.39 is 6.67 Å². The van der Waals surface area contributed by atoms with Gasteiger partial charge in [0.1, 0.15) is 19.0 Å². The van der Waals surface area contributed by atoms with Gasteiger partial charge in [0.2, 0.25) is 0 Å². The molecule has 13 heavy (non-hydrogen) atoms. The molecule has 72 valence electrons. The standard InChI is InChI=1S/C10H14FNO/c11-5-7-13-10-3-1-2-9(8-10)4-6-12/h1-3,8H,4-7,12H2. The minimum absolute atomic E-state index is 0.117. The first-order valence-corrected chi connectivity index (χ1v) is 4.34. The molecule has 0 fully saturated rings. The molecule has 0 amide bonds. The van der Waals surface area contributed by atoms with Crippen molar-refractivity contribution in [2.75, 3.05) is 19.8 Å². The van der Waals surface area contributed by atoms with Crippen molar-refractivity contribution < 1.29 is 9.13 Å². The highest BCUT2D eigenvalue weighted by atomic mass is 19.1. The fourth-order valence-corrected chi connectivity index (χ4v) is 1.11. The van der Waals surface area contributed by atoms with Crippen molar-refractivity contribution in [3.05, 3.63) is 29.8 Å². The molecule has 0 aliphatic carbocycles. The summed E-state index contributed by atoms with van der Waals surface area (Å²) in [5.74, 6) is 0.712. The number of hydrogen-bond donors (Lipinski definition) is 1. The summed E-state index contributed by atoms with van der Waals surface area (Å²) in [6, 6.07) is 7.58. The molecule has 0 aromatic heterocycles. The van der Waals surface area contributed by atoms with E-state index in [1.165, 1.54) is 0 Å². The Bertz CT molecular complexity index is 252. The zero-order chi connectivity index (χ0) is 9.52. The second-order valence-electron chi connectivity index (χ2n) is 2.72. The van der Waals surface area contributed by atoms with Crippen LogP contribution in [-0.4, -0.2) is 19.8 Å². The van der Waals surface area contributed by atoms with Crippen LogP contribution in [0, 0.1) is 0 Å². The number of rotatable bonds is 5. The number of benzene rings is 1. The van der Waals surface area contributed by atoms with E-state index in [-0.39, 0.29) is 6.61 Å². The Morgan fingerprint density at radius 1 is 1.38 bits per heavy atom. The Hall–Kier alpha value is -1.09. The van der Waals surface area contributed by atoms with Crippen LogP contribution in [0.4, 0.5) is 4.39 Å². The third-order valence-corrected chi connectivity index (χ3v) is 1.68. The monoisotopic (exact) mass is 183 g/mol. The maximum absolute atomic E-state index is 11.8. The Morgan fingerprint density at radius 2 is 2.23 bits per heavy atom. The van der Waals surface area contributed by atoms with E-state index in [1.807, 2.05) is 24.3 Å². The molecule has 0 aliphatic heterocycles. The molecule has 1 aromatic carbocycles. The lowest BCUT2D eigenvalue weighted by Crippen LogP contribution is -2.03. The van der Waals surface area contributed by atoms with Gasteiger partial charge in [-0.2, -0.15) is 0 Å². The van der Waals surface area contributed by atoms with Crippen LogP contribution in [0.15, 0.2) is 24.3 Å². The topological polar surface area (TPSA) is 35.2 Å². The first-order valence-electron chi connectivity index (χ1n) is 4.34. The van der Waals surface area contributed by atoms with Crippen LogP contribution < -0.4 is 10.5 Å². The molecule has 0 radical (unpaired) electrons. The van der Waals surface area contributed by atoms with Gasteiger partial charge in [0.25, 0.3) is 0 Å². The highest BCUT2D eigenvalue weighted by Gasteiger charge is 1.95. The smallest absolute Gasteiger partial charge is 0.123 e. The highest BCUT2D eigenvalue weighted by Crippen LogP contribution is 2.13. The van der Waals surface area contributed by atoms with Crippen molar-refractivity contribution in [2.45, 2.75) is 6.42 Å².